The van der Waals surface area contributed by atoms with Crippen LogP contribution < -0.4 is 11.1 Å². The number of nitrogens with one attached hydrogen (secondary N) is 1. The number of aromatic carboxylic acids is 1. The van der Waals surface area contributed by atoms with Crippen LogP contribution in [-0.2, 0) is 0 Å². The number of carbonyl (C=O) groups excluding carboxylic acids is 1. The van der Waals surface area contributed by atoms with E-state index in [0.29, 0.717) is 10.6 Å². The molecule has 0 unspecified atom stereocenters. The Morgan fingerprint density at radius 2 is 2.13 bits per heavy atom. The van der Waals surface area contributed by atoms with Gasteiger partial charge in [0.1, 0.15) is 5.00 Å². The molecule has 5 nitrogen and oxygen atoms in total. The summed E-state index contributed by atoms with van der Waals surface area (Å²) in [6.45, 7) is 3.78. The van der Waals surface area contributed by atoms with Crippen LogP contribution in [0.15, 0.2) is 5.38 Å². The van der Waals surface area contributed by atoms with Crippen molar-refractivity contribution in [3.8, 4) is 0 Å². The van der Waals surface area contributed by atoms with Gasteiger partial charge in [-0.2, -0.15) is 0 Å². The number of urea groups is 1. The van der Waals surface area contributed by atoms with Crippen molar-refractivity contribution in [2.24, 2.45) is 5.73 Å². The van der Waals surface area contributed by atoms with Crippen molar-refractivity contribution in [3.63, 3.8) is 0 Å². The monoisotopic (exact) mass is 228 g/mol. The Morgan fingerprint density at radius 1 is 1.53 bits per heavy atom. The predicted octanol–water partition coefficient (Wildman–Crippen LogP) is 2.06. The number of hydrogen-bond acceptors (Lipinski definition) is 3. The van der Waals surface area contributed by atoms with Crippen LogP contribution in [0.4, 0.5) is 9.80 Å². The summed E-state index contributed by atoms with van der Waals surface area (Å²) in [4.78, 5) is 21.7. The van der Waals surface area contributed by atoms with Gasteiger partial charge in [-0.1, -0.05) is 13.8 Å². The second-order valence-corrected chi connectivity index (χ2v) is 4.22. The highest BCUT2D eigenvalue weighted by molar-refractivity contribution is 7.15. The highest BCUT2D eigenvalue weighted by atomic mass is 32.1. The molecule has 0 saturated carbocycles. The van der Waals surface area contributed by atoms with Gasteiger partial charge in [0, 0.05) is 0 Å². The molecule has 1 aromatic heterocycles. The van der Waals surface area contributed by atoms with Crippen molar-refractivity contribution in [1.82, 2.24) is 0 Å². The lowest BCUT2D eigenvalue weighted by Gasteiger charge is -2.05. The van der Waals surface area contributed by atoms with Crippen molar-refractivity contribution in [1.29, 1.82) is 0 Å². The standard InChI is InChI=1S/C9H12N2O3S/c1-4(2)5-3-15-7(11-9(10)14)6(5)8(12)13/h3-4H,1-2H3,(H,12,13)(H3,10,11,14). The molecule has 0 spiro atoms. The van der Waals surface area contributed by atoms with Gasteiger partial charge < -0.3 is 10.8 Å². The van der Waals surface area contributed by atoms with E-state index >= 15 is 0 Å². The molecule has 0 aliphatic carbocycles. The molecular formula is C9H12N2O3S. The Morgan fingerprint density at radius 3 is 2.53 bits per heavy atom. The molecule has 0 radical (unpaired) electrons. The molecule has 0 fully saturated rings. The lowest BCUT2D eigenvalue weighted by atomic mass is 10.0. The summed E-state index contributed by atoms with van der Waals surface area (Å²) in [6, 6.07) is -0.755. The molecule has 1 heterocycles. The summed E-state index contributed by atoms with van der Waals surface area (Å²) in [6.07, 6.45) is 0. The summed E-state index contributed by atoms with van der Waals surface area (Å²) >= 11 is 1.17. The van der Waals surface area contributed by atoms with Crippen LogP contribution in [0, 0.1) is 0 Å². The summed E-state index contributed by atoms with van der Waals surface area (Å²) in [7, 11) is 0. The third kappa shape index (κ3) is 2.47. The Bertz CT molecular complexity index is 398. The SMILES string of the molecule is CC(C)c1csc(NC(N)=O)c1C(=O)O. The Labute approximate surface area is 90.9 Å². The Balaban J connectivity index is 3.18. The van der Waals surface area contributed by atoms with E-state index in [-0.39, 0.29) is 11.5 Å². The zero-order chi connectivity index (χ0) is 11.6. The van der Waals surface area contributed by atoms with E-state index in [1.165, 1.54) is 11.3 Å². The van der Waals surface area contributed by atoms with E-state index in [1.807, 2.05) is 13.8 Å². The molecule has 0 aromatic carbocycles. The Hall–Kier alpha value is -1.56. The minimum Gasteiger partial charge on any atom is -0.478 e. The number of carbonyl (C=O) groups is 2. The zero-order valence-corrected chi connectivity index (χ0v) is 9.22. The maximum atomic E-state index is 11.0. The maximum absolute atomic E-state index is 11.0. The molecule has 6 heteroatoms. The van der Waals surface area contributed by atoms with Gasteiger partial charge in [0.05, 0.1) is 5.56 Å². The lowest BCUT2D eigenvalue weighted by molar-refractivity contribution is 0.0697. The van der Waals surface area contributed by atoms with Gasteiger partial charge in [0.15, 0.2) is 0 Å². The number of anilines is 1. The van der Waals surface area contributed by atoms with Crippen molar-refractivity contribution in [2.75, 3.05) is 5.32 Å². The second kappa shape index (κ2) is 4.31. The van der Waals surface area contributed by atoms with Gasteiger partial charge in [-0.25, -0.2) is 9.59 Å². The van der Waals surface area contributed by atoms with Crippen LogP contribution in [0.1, 0.15) is 35.7 Å². The smallest absolute Gasteiger partial charge is 0.339 e. The summed E-state index contributed by atoms with van der Waals surface area (Å²) in [5, 5.41) is 13.3. The van der Waals surface area contributed by atoms with Gasteiger partial charge in [-0.05, 0) is 16.9 Å². The minimum absolute atomic E-state index is 0.0933. The fraction of sp³-hybridized carbons (Fsp3) is 0.333. The first-order chi connectivity index (χ1) is 6.93. The third-order valence-corrected chi connectivity index (χ3v) is 2.81. The van der Waals surface area contributed by atoms with Crippen molar-refractivity contribution in [2.45, 2.75) is 19.8 Å². The highest BCUT2D eigenvalue weighted by Crippen LogP contribution is 2.32. The minimum atomic E-state index is -1.05. The van der Waals surface area contributed by atoms with E-state index in [2.05, 4.69) is 5.32 Å². The van der Waals surface area contributed by atoms with Crippen LogP contribution >= 0.6 is 11.3 Å². The molecular weight excluding hydrogens is 216 g/mol. The number of nitrogens with two attached hydrogens (primary N) is 1. The van der Waals surface area contributed by atoms with Crippen molar-refractivity contribution < 1.29 is 14.7 Å². The number of amides is 2. The average molecular weight is 228 g/mol. The molecule has 4 N–H and O–H groups in total. The zero-order valence-electron chi connectivity index (χ0n) is 8.40. The number of hydrogen-bond donors (Lipinski definition) is 3. The van der Waals surface area contributed by atoms with Crippen LogP contribution in [0.3, 0.4) is 0 Å². The number of primary amides is 1. The van der Waals surface area contributed by atoms with Crippen molar-refractivity contribution >= 4 is 28.3 Å². The van der Waals surface area contributed by atoms with Crippen LogP contribution in [0.5, 0.6) is 0 Å². The first kappa shape index (κ1) is 11.5. The van der Waals surface area contributed by atoms with Crippen LogP contribution in [0.2, 0.25) is 0 Å². The molecule has 0 atom stereocenters. The van der Waals surface area contributed by atoms with Gasteiger partial charge in [0.25, 0.3) is 0 Å². The first-order valence-electron chi connectivity index (χ1n) is 4.34. The molecule has 82 valence electrons. The van der Waals surface area contributed by atoms with Gasteiger partial charge in [-0.3, -0.25) is 5.32 Å². The predicted molar refractivity (Wildman–Crippen MR) is 58.6 cm³/mol. The van der Waals surface area contributed by atoms with Crippen LogP contribution in [-0.4, -0.2) is 17.1 Å². The van der Waals surface area contributed by atoms with Gasteiger partial charge in [0.2, 0.25) is 0 Å². The maximum Gasteiger partial charge on any atom is 0.339 e. The van der Waals surface area contributed by atoms with Gasteiger partial charge in [-0.15, -0.1) is 11.3 Å². The van der Waals surface area contributed by atoms with E-state index in [4.69, 9.17) is 10.8 Å². The third-order valence-electron chi connectivity index (χ3n) is 1.89. The van der Waals surface area contributed by atoms with E-state index in [0.717, 1.165) is 0 Å². The number of carboxylic acids is 1. The van der Waals surface area contributed by atoms with E-state index in [1.54, 1.807) is 5.38 Å². The molecule has 1 rings (SSSR count). The van der Waals surface area contributed by atoms with E-state index in [9.17, 15) is 9.59 Å². The molecule has 15 heavy (non-hydrogen) atoms. The topological polar surface area (TPSA) is 92.4 Å². The van der Waals surface area contributed by atoms with Gasteiger partial charge >= 0.3 is 12.0 Å². The normalized spacial score (nSPS) is 10.3. The number of carboxylic acid groups (broad SMARTS) is 1. The van der Waals surface area contributed by atoms with Crippen LogP contribution in [0.25, 0.3) is 0 Å². The van der Waals surface area contributed by atoms with E-state index < -0.39 is 12.0 Å². The Kier molecular flexibility index (Phi) is 3.31. The molecule has 0 aliphatic rings. The summed E-state index contributed by atoms with van der Waals surface area (Å²) < 4.78 is 0. The lowest BCUT2D eigenvalue weighted by Crippen LogP contribution is -2.20. The summed E-state index contributed by atoms with van der Waals surface area (Å²) in [5.74, 6) is -0.959. The number of rotatable bonds is 3. The fourth-order valence-electron chi connectivity index (χ4n) is 1.22. The second-order valence-electron chi connectivity index (χ2n) is 3.34. The molecule has 0 saturated heterocycles. The highest BCUT2D eigenvalue weighted by Gasteiger charge is 2.20. The largest absolute Gasteiger partial charge is 0.478 e. The first-order valence-corrected chi connectivity index (χ1v) is 5.22. The van der Waals surface area contributed by atoms with Crippen molar-refractivity contribution in [3.05, 3.63) is 16.5 Å². The number of thiophene rings is 1. The summed E-state index contributed by atoms with van der Waals surface area (Å²) in [5.41, 5.74) is 5.78. The molecule has 0 bridgehead atoms. The fourth-order valence-corrected chi connectivity index (χ4v) is 2.34. The molecule has 1 aromatic rings. The average Bonchev–Trinajstić information content (AvgIpc) is 2.46. The quantitative estimate of drug-likeness (QED) is 0.739. The molecule has 0 aliphatic heterocycles. The molecule has 2 amide bonds.